The number of nitro groups is 1. The first-order valence-corrected chi connectivity index (χ1v) is 9.55. The molecule has 1 saturated carbocycles. The number of rotatable bonds is 5. The zero-order valence-corrected chi connectivity index (χ0v) is 14.0. The first kappa shape index (κ1) is 16.0. The Morgan fingerprint density at radius 1 is 1.21 bits per heavy atom. The van der Waals surface area contributed by atoms with E-state index in [9.17, 15) is 18.5 Å². The zero-order chi connectivity index (χ0) is 16.9. The molecule has 5 rings (SSSR count). The molecule has 1 aromatic rings. The van der Waals surface area contributed by atoms with E-state index in [2.05, 4.69) is 4.90 Å². The van der Waals surface area contributed by atoms with E-state index in [1.807, 2.05) is 0 Å². The van der Waals surface area contributed by atoms with Crippen LogP contribution in [0.25, 0.3) is 0 Å². The Bertz CT molecular complexity index is 734. The van der Waals surface area contributed by atoms with Gasteiger partial charge in [0.05, 0.1) is 12.6 Å². The molecule has 10 heteroatoms. The van der Waals surface area contributed by atoms with Crippen molar-refractivity contribution in [1.82, 2.24) is 13.5 Å². The van der Waals surface area contributed by atoms with Crippen molar-refractivity contribution in [2.24, 2.45) is 5.92 Å². The van der Waals surface area contributed by atoms with Crippen molar-refractivity contribution < 1.29 is 17.8 Å². The maximum Gasteiger partial charge on any atom is 0.433 e. The molecule has 132 valence electrons. The van der Waals surface area contributed by atoms with E-state index in [1.54, 1.807) is 14.7 Å². The van der Waals surface area contributed by atoms with Crippen LogP contribution in [0.5, 0.6) is 0 Å². The van der Waals surface area contributed by atoms with E-state index < -0.39 is 15.1 Å². The minimum atomic E-state index is -3.35. The predicted molar refractivity (Wildman–Crippen MR) is 84.4 cm³/mol. The molecule has 2 bridgehead atoms. The summed E-state index contributed by atoms with van der Waals surface area (Å²) < 4.78 is 33.8. The maximum atomic E-state index is 12.7. The largest absolute Gasteiger partial charge is 0.433 e. The fourth-order valence-corrected chi connectivity index (χ4v) is 5.68. The SMILES string of the molecule is O=[N+]([O-])c1ccc(CN2CCN(S(=O)(=O)N3CC4CC3C4)CC2)o1. The van der Waals surface area contributed by atoms with Crippen molar-refractivity contribution >= 4 is 16.1 Å². The average Bonchev–Trinajstić information content (AvgIpc) is 3.22. The van der Waals surface area contributed by atoms with Crippen molar-refractivity contribution in [3.63, 3.8) is 0 Å². The van der Waals surface area contributed by atoms with Gasteiger partial charge in [0.1, 0.15) is 10.7 Å². The van der Waals surface area contributed by atoms with E-state index in [4.69, 9.17) is 4.42 Å². The third-order valence-corrected chi connectivity index (χ3v) is 7.27. The van der Waals surface area contributed by atoms with Gasteiger partial charge in [-0.05, 0) is 24.8 Å². The van der Waals surface area contributed by atoms with Gasteiger partial charge in [-0.2, -0.15) is 17.0 Å². The summed E-state index contributed by atoms with van der Waals surface area (Å²) in [5.74, 6) is 0.818. The molecular weight excluding hydrogens is 336 g/mol. The summed E-state index contributed by atoms with van der Waals surface area (Å²) in [4.78, 5) is 12.1. The lowest BCUT2D eigenvalue weighted by Crippen LogP contribution is -2.53. The van der Waals surface area contributed by atoms with Crippen LogP contribution < -0.4 is 0 Å². The minimum absolute atomic E-state index is 0.210. The molecule has 9 nitrogen and oxygen atoms in total. The van der Waals surface area contributed by atoms with Gasteiger partial charge in [0.2, 0.25) is 0 Å². The van der Waals surface area contributed by atoms with Gasteiger partial charge >= 0.3 is 5.88 Å². The average molecular weight is 356 g/mol. The summed E-state index contributed by atoms with van der Waals surface area (Å²) in [5.41, 5.74) is 0. The molecule has 0 spiro atoms. The van der Waals surface area contributed by atoms with Crippen molar-refractivity contribution in [2.45, 2.75) is 25.4 Å². The van der Waals surface area contributed by atoms with Crippen molar-refractivity contribution in [3.8, 4) is 0 Å². The van der Waals surface area contributed by atoms with Crippen LogP contribution in [0.1, 0.15) is 18.6 Å². The molecule has 0 unspecified atom stereocenters. The summed E-state index contributed by atoms with van der Waals surface area (Å²) in [6.45, 7) is 3.20. The van der Waals surface area contributed by atoms with Gasteiger partial charge in [-0.1, -0.05) is 0 Å². The van der Waals surface area contributed by atoms with Crippen LogP contribution >= 0.6 is 0 Å². The monoisotopic (exact) mass is 356 g/mol. The molecule has 0 amide bonds. The number of furan rings is 1. The second-order valence-electron chi connectivity index (χ2n) is 6.74. The van der Waals surface area contributed by atoms with Crippen LogP contribution in [-0.4, -0.2) is 65.6 Å². The molecule has 0 atom stereocenters. The lowest BCUT2D eigenvalue weighted by atomic mass is 9.87. The zero-order valence-electron chi connectivity index (χ0n) is 13.2. The molecule has 0 radical (unpaired) electrons. The van der Waals surface area contributed by atoms with E-state index in [-0.39, 0.29) is 11.9 Å². The Kier molecular flexibility index (Phi) is 3.87. The highest BCUT2D eigenvalue weighted by molar-refractivity contribution is 7.86. The molecule has 3 aliphatic heterocycles. The Morgan fingerprint density at radius 3 is 2.46 bits per heavy atom. The third-order valence-electron chi connectivity index (χ3n) is 5.22. The summed E-state index contributed by atoms with van der Waals surface area (Å²) in [6.07, 6.45) is 2.02. The van der Waals surface area contributed by atoms with Gasteiger partial charge in [0, 0.05) is 38.8 Å². The van der Waals surface area contributed by atoms with Crippen LogP contribution in [-0.2, 0) is 16.8 Å². The van der Waals surface area contributed by atoms with E-state index in [0.29, 0.717) is 50.9 Å². The predicted octanol–water partition coefficient (Wildman–Crippen LogP) is 0.644. The van der Waals surface area contributed by atoms with Crippen LogP contribution in [0, 0.1) is 16.0 Å². The van der Waals surface area contributed by atoms with Gasteiger partial charge < -0.3 is 4.42 Å². The molecular formula is C14H20N4O5S. The molecule has 4 heterocycles. The molecule has 4 aliphatic rings. The molecule has 0 aromatic carbocycles. The fraction of sp³-hybridized carbons (Fsp3) is 0.714. The fourth-order valence-electron chi connectivity index (χ4n) is 3.81. The third kappa shape index (κ3) is 2.73. The number of nitrogens with zero attached hydrogens (tertiary/aromatic N) is 4. The lowest BCUT2D eigenvalue weighted by molar-refractivity contribution is -0.402. The van der Waals surface area contributed by atoms with Gasteiger partial charge in [0.25, 0.3) is 10.2 Å². The van der Waals surface area contributed by atoms with Gasteiger partial charge in [-0.3, -0.25) is 15.0 Å². The molecule has 4 fully saturated rings. The highest BCUT2D eigenvalue weighted by atomic mass is 32.2. The van der Waals surface area contributed by atoms with Crippen molar-refractivity contribution in [2.75, 3.05) is 32.7 Å². The van der Waals surface area contributed by atoms with E-state index in [0.717, 1.165) is 12.8 Å². The van der Waals surface area contributed by atoms with Crippen LogP contribution in [0.4, 0.5) is 5.88 Å². The normalized spacial score (nSPS) is 28.8. The van der Waals surface area contributed by atoms with E-state index in [1.165, 1.54) is 6.07 Å². The summed E-state index contributed by atoms with van der Waals surface area (Å²) in [5, 5.41) is 10.6. The van der Waals surface area contributed by atoms with Gasteiger partial charge in [-0.25, -0.2) is 0 Å². The van der Waals surface area contributed by atoms with Crippen molar-refractivity contribution in [3.05, 3.63) is 28.0 Å². The van der Waals surface area contributed by atoms with E-state index >= 15 is 0 Å². The summed E-state index contributed by atoms with van der Waals surface area (Å²) >= 11 is 0. The molecule has 24 heavy (non-hydrogen) atoms. The summed E-state index contributed by atoms with van der Waals surface area (Å²) in [7, 11) is -3.35. The lowest BCUT2D eigenvalue weighted by Gasteiger charge is -2.36. The Hall–Kier alpha value is -1.49. The Morgan fingerprint density at radius 2 is 1.92 bits per heavy atom. The second kappa shape index (κ2) is 5.80. The number of piperazine rings is 1. The number of fused-ring (bicyclic) bond motifs is 1. The number of hydrogen-bond acceptors (Lipinski definition) is 6. The van der Waals surface area contributed by atoms with Crippen LogP contribution in [0.15, 0.2) is 16.5 Å². The maximum absolute atomic E-state index is 12.7. The second-order valence-corrected chi connectivity index (χ2v) is 8.62. The molecule has 1 aromatic heterocycles. The topological polar surface area (TPSA) is 100 Å². The highest BCUT2D eigenvalue weighted by Crippen LogP contribution is 2.42. The van der Waals surface area contributed by atoms with Gasteiger partial charge in [0.15, 0.2) is 0 Å². The minimum Gasteiger partial charge on any atom is -0.404 e. The number of hydrogen-bond donors (Lipinski definition) is 0. The first-order valence-electron chi connectivity index (χ1n) is 8.16. The van der Waals surface area contributed by atoms with Gasteiger partial charge in [-0.15, -0.1) is 0 Å². The molecule has 0 N–H and O–H groups in total. The van der Waals surface area contributed by atoms with Crippen LogP contribution in [0.3, 0.4) is 0 Å². The highest BCUT2D eigenvalue weighted by Gasteiger charge is 2.50. The standard InChI is InChI=1S/C14H20N4O5S/c19-18(20)14-2-1-13(23-14)10-15-3-5-16(6-4-15)24(21,22)17-9-11-7-12(17)8-11/h1-2,11-12H,3-10H2. The Labute approximate surface area is 140 Å². The first-order chi connectivity index (χ1) is 11.4. The van der Waals surface area contributed by atoms with Crippen molar-refractivity contribution in [1.29, 1.82) is 0 Å². The quantitative estimate of drug-likeness (QED) is 0.567. The Balaban J connectivity index is 1.33. The summed E-state index contributed by atoms with van der Waals surface area (Å²) in [6, 6.07) is 3.15. The van der Waals surface area contributed by atoms with Crippen LogP contribution in [0.2, 0.25) is 0 Å². The molecule has 3 saturated heterocycles. The molecule has 1 aliphatic carbocycles. The smallest absolute Gasteiger partial charge is 0.404 e.